The summed E-state index contributed by atoms with van der Waals surface area (Å²) in [4.78, 5) is 0.331. The third kappa shape index (κ3) is 4.19. The van der Waals surface area contributed by atoms with E-state index in [0.717, 1.165) is 21.5 Å². The fourth-order valence-electron chi connectivity index (χ4n) is 2.53. The zero-order valence-corrected chi connectivity index (χ0v) is 17.6. The summed E-state index contributed by atoms with van der Waals surface area (Å²) in [5.41, 5.74) is 2.12. The Balaban J connectivity index is 1.75. The first-order valence-electron chi connectivity index (χ1n) is 7.97. The summed E-state index contributed by atoms with van der Waals surface area (Å²) >= 11 is 4.71. The van der Waals surface area contributed by atoms with Crippen molar-refractivity contribution in [1.82, 2.24) is 14.8 Å². The van der Waals surface area contributed by atoms with E-state index in [4.69, 9.17) is 0 Å². The second-order valence-corrected chi connectivity index (χ2v) is 9.86. The lowest BCUT2D eigenvalue weighted by atomic mass is 10.2. The van der Waals surface area contributed by atoms with Crippen LogP contribution in [-0.4, -0.2) is 34.7 Å². The van der Waals surface area contributed by atoms with Crippen LogP contribution < -0.4 is 0 Å². The highest BCUT2D eigenvalue weighted by atomic mass is 79.9. The summed E-state index contributed by atoms with van der Waals surface area (Å²) in [5, 5.41) is 9.06. The van der Waals surface area contributed by atoms with Gasteiger partial charge in [0, 0.05) is 10.2 Å². The van der Waals surface area contributed by atoms with E-state index in [1.165, 1.54) is 11.8 Å². The molecule has 0 radical (unpaired) electrons. The molecule has 0 aliphatic rings. The van der Waals surface area contributed by atoms with E-state index in [-0.39, 0.29) is 5.75 Å². The van der Waals surface area contributed by atoms with Crippen molar-refractivity contribution in [1.29, 1.82) is 0 Å². The number of halogens is 1. The van der Waals surface area contributed by atoms with Gasteiger partial charge in [0.15, 0.2) is 15.0 Å². The van der Waals surface area contributed by atoms with Crippen molar-refractivity contribution < 1.29 is 8.42 Å². The molecule has 0 fully saturated rings. The van der Waals surface area contributed by atoms with Crippen LogP contribution in [0.25, 0.3) is 5.69 Å². The van der Waals surface area contributed by atoms with E-state index < -0.39 is 9.84 Å². The van der Waals surface area contributed by atoms with E-state index >= 15 is 0 Å². The fourth-order valence-corrected chi connectivity index (χ4v) is 5.43. The van der Waals surface area contributed by atoms with Crippen molar-refractivity contribution in [3.8, 4) is 5.69 Å². The second kappa shape index (κ2) is 7.94. The zero-order valence-electron chi connectivity index (χ0n) is 14.4. The number of para-hydroxylation sites is 1. The minimum absolute atomic E-state index is 0.0407. The number of benzene rings is 2. The van der Waals surface area contributed by atoms with Gasteiger partial charge in [0.25, 0.3) is 0 Å². The van der Waals surface area contributed by atoms with E-state index in [9.17, 15) is 8.42 Å². The normalized spacial score (nSPS) is 11.7. The highest BCUT2D eigenvalue weighted by Gasteiger charge is 2.17. The minimum atomic E-state index is -3.33. The van der Waals surface area contributed by atoms with Gasteiger partial charge in [-0.3, -0.25) is 4.57 Å². The Labute approximate surface area is 165 Å². The fraction of sp³-hybridized carbons (Fsp3) is 0.222. The number of thioether (sulfide) groups is 1. The molecule has 136 valence electrons. The molecule has 0 atom stereocenters. The molecule has 3 rings (SSSR count). The Bertz CT molecular complexity index is 1020. The van der Waals surface area contributed by atoms with Crippen molar-refractivity contribution in [2.24, 2.45) is 0 Å². The quantitative estimate of drug-likeness (QED) is 0.525. The van der Waals surface area contributed by atoms with E-state index in [2.05, 4.69) is 26.1 Å². The summed E-state index contributed by atoms with van der Waals surface area (Å²) in [6.07, 6.45) is 0. The molecule has 0 aliphatic carbocycles. The van der Waals surface area contributed by atoms with Crippen molar-refractivity contribution in [2.45, 2.75) is 23.9 Å². The molecule has 0 aliphatic heterocycles. The van der Waals surface area contributed by atoms with Crippen molar-refractivity contribution in [3.63, 3.8) is 0 Å². The molecule has 0 unspecified atom stereocenters. The van der Waals surface area contributed by atoms with Crippen molar-refractivity contribution in [3.05, 3.63) is 64.4 Å². The molecule has 0 saturated carbocycles. The number of aryl methyl sites for hydroxylation is 2. The van der Waals surface area contributed by atoms with Crippen LogP contribution in [0, 0.1) is 13.8 Å². The van der Waals surface area contributed by atoms with Crippen LogP contribution in [-0.2, 0) is 9.84 Å². The molecule has 0 spiro atoms. The van der Waals surface area contributed by atoms with Crippen molar-refractivity contribution in [2.75, 3.05) is 11.5 Å². The Hall–Kier alpha value is -1.64. The van der Waals surface area contributed by atoms with Crippen LogP contribution in [0.2, 0.25) is 0 Å². The predicted molar refractivity (Wildman–Crippen MR) is 108 cm³/mol. The number of hydrogen-bond acceptors (Lipinski definition) is 5. The highest BCUT2D eigenvalue weighted by molar-refractivity contribution is 9.10. The van der Waals surface area contributed by atoms with Crippen LogP contribution in [0.15, 0.2) is 63.1 Å². The zero-order chi connectivity index (χ0) is 18.7. The van der Waals surface area contributed by atoms with Gasteiger partial charge in [-0.25, -0.2) is 8.42 Å². The van der Waals surface area contributed by atoms with Gasteiger partial charge < -0.3 is 0 Å². The molecule has 1 aromatic heterocycles. The van der Waals surface area contributed by atoms with Crippen LogP contribution in [0.3, 0.4) is 0 Å². The standard InChI is InChI=1S/C18H18BrN3O2S2/c1-13-5-3-4-6-17(13)22-14(2)20-21-18(22)25-11-12-26(23,24)16-9-7-15(19)8-10-16/h3-10H,11-12H2,1-2H3. The van der Waals surface area contributed by atoms with Crippen LogP contribution in [0.5, 0.6) is 0 Å². The first-order chi connectivity index (χ1) is 12.4. The van der Waals surface area contributed by atoms with E-state index in [1.54, 1.807) is 24.3 Å². The molecule has 0 amide bonds. The molecule has 1 heterocycles. The molecular formula is C18H18BrN3O2S2. The smallest absolute Gasteiger partial charge is 0.195 e. The first-order valence-corrected chi connectivity index (χ1v) is 11.4. The summed E-state index contributed by atoms with van der Waals surface area (Å²) < 4.78 is 27.8. The van der Waals surface area contributed by atoms with Gasteiger partial charge in [-0.05, 0) is 49.7 Å². The lowest BCUT2D eigenvalue weighted by molar-refractivity contribution is 0.597. The number of nitrogens with zero attached hydrogens (tertiary/aromatic N) is 3. The largest absolute Gasteiger partial charge is 0.274 e. The molecule has 0 saturated heterocycles. The molecule has 3 aromatic rings. The Kier molecular flexibility index (Phi) is 5.84. The Morgan fingerprint density at radius 3 is 2.42 bits per heavy atom. The number of rotatable bonds is 6. The molecular weight excluding hydrogens is 434 g/mol. The van der Waals surface area contributed by atoms with Gasteiger partial charge in [-0.15, -0.1) is 10.2 Å². The van der Waals surface area contributed by atoms with Gasteiger partial charge >= 0.3 is 0 Å². The third-order valence-electron chi connectivity index (χ3n) is 3.91. The van der Waals surface area contributed by atoms with Gasteiger partial charge in [0.1, 0.15) is 5.82 Å². The summed E-state index contributed by atoms with van der Waals surface area (Å²) in [7, 11) is -3.33. The monoisotopic (exact) mass is 451 g/mol. The molecule has 26 heavy (non-hydrogen) atoms. The Morgan fingerprint density at radius 1 is 1.04 bits per heavy atom. The van der Waals surface area contributed by atoms with E-state index in [1.807, 2.05) is 42.7 Å². The number of aromatic nitrogens is 3. The molecule has 2 aromatic carbocycles. The van der Waals surface area contributed by atoms with Gasteiger partial charge in [0.05, 0.1) is 16.3 Å². The maximum absolute atomic E-state index is 12.5. The lowest BCUT2D eigenvalue weighted by Crippen LogP contribution is -2.09. The SMILES string of the molecule is Cc1ccccc1-n1c(C)nnc1SCCS(=O)(=O)c1ccc(Br)cc1. The average Bonchev–Trinajstić information content (AvgIpc) is 2.96. The van der Waals surface area contributed by atoms with Crippen LogP contribution >= 0.6 is 27.7 Å². The van der Waals surface area contributed by atoms with Crippen LogP contribution in [0.1, 0.15) is 11.4 Å². The van der Waals surface area contributed by atoms with Crippen molar-refractivity contribution >= 4 is 37.5 Å². The van der Waals surface area contributed by atoms with Crippen LogP contribution in [0.4, 0.5) is 0 Å². The first kappa shape index (κ1) is 19.1. The lowest BCUT2D eigenvalue weighted by Gasteiger charge is -2.11. The maximum atomic E-state index is 12.5. The van der Waals surface area contributed by atoms with Gasteiger partial charge in [-0.1, -0.05) is 45.9 Å². The number of hydrogen-bond donors (Lipinski definition) is 0. The Morgan fingerprint density at radius 2 is 1.73 bits per heavy atom. The topological polar surface area (TPSA) is 64.8 Å². The summed E-state index contributed by atoms with van der Waals surface area (Å²) in [5.74, 6) is 1.22. The molecule has 0 bridgehead atoms. The second-order valence-electron chi connectivity index (χ2n) is 5.77. The van der Waals surface area contributed by atoms with Gasteiger partial charge in [0.2, 0.25) is 0 Å². The maximum Gasteiger partial charge on any atom is 0.195 e. The average molecular weight is 452 g/mol. The van der Waals surface area contributed by atoms with Gasteiger partial charge in [-0.2, -0.15) is 0 Å². The van der Waals surface area contributed by atoms with E-state index in [0.29, 0.717) is 15.8 Å². The highest BCUT2D eigenvalue weighted by Crippen LogP contribution is 2.25. The molecule has 8 heteroatoms. The summed E-state index contributed by atoms with van der Waals surface area (Å²) in [6, 6.07) is 14.7. The minimum Gasteiger partial charge on any atom is -0.274 e. The molecule has 0 N–H and O–H groups in total. The number of sulfone groups is 1. The summed E-state index contributed by atoms with van der Waals surface area (Å²) in [6.45, 7) is 3.92. The predicted octanol–water partition coefficient (Wildman–Crippen LogP) is 4.21. The third-order valence-corrected chi connectivity index (χ3v) is 7.36. The molecule has 5 nitrogen and oxygen atoms in total.